The zero-order valence-electron chi connectivity index (χ0n) is 9.84. The van der Waals surface area contributed by atoms with Gasteiger partial charge in [-0.2, -0.15) is 0 Å². The van der Waals surface area contributed by atoms with Crippen molar-refractivity contribution in [2.45, 2.75) is 26.8 Å². The van der Waals surface area contributed by atoms with Crippen LogP contribution in [0.4, 0.5) is 0 Å². The maximum atomic E-state index is 5.35. The number of aryl methyl sites for hydroxylation is 1. The van der Waals surface area contributed by atoms with E-state index in [0.717, 1.165) is 25.3 Å². The smallest absolute Gasteiger partial charge is 0.122 e. The van der Waals surface area contributed by atoms with Gasteiger partial charge in [0.2, 0.25) is 0 Å². The van der Waals surface area contributed by atoms with Crippen LogP contribution >= 0.6 is 0 Å². The first kappa shape index (κ1) is 10.5. The van der Waals surface area contributed by atoms with Gasteiger partial charge >= 0.3 is 0 Å². The Bertz CT molecular complexity index is 360. The highest BCUT2D eigenvalue weighted by Gasteiger charge is 2.16. The third-order valence-corrected chi connectivity index (χ3v) is 3.26. The molecule has 0 bridgehead atoms. The lowest BCUT2D eigenvalue weighted by Gasteiger charge is -2.28. The molecule has 0 amide bonds. The van der Waals surface area contributed by atoms with Crippen molar-refractivity contribution in [2.24, 2.45) is 0 Å². The summed E-state index contributed by atoms with van der Waals surface area (Å²) in [4.78, 5) is 2.48. The predicted octanol–water partition coefficient (Wildman–Crippen LogP) is 2.38. The van der Waals surface area contributed by atoms with Gasteiger partial charge in [0.15, 0.2) is 0 Å². The van der Waals surface area contributed by atoms with Crippen LogP contribution in [0.3, 0.4) is 0 Å². The lowest BCUT2D eigenvalue weighted by molar-refractivity contribution is 0.267. The van der Waals surface area contributed by atoms with E-state index < -0.39 is 0 Å². The van der Waals surface area contributed by atoms with Gasteiger partial charge in [0, 0.05) is 13.1 Å². The average molecular weight is 205 g/mol. The Balaban J connectivity index is 2.32. The normalized spacial score (nSPS) is 16.2. The van der Waals surface area contributed by atoms with Crippen LogP contribution in [0.25, 0.3) is 0 Å². The van der Waals surface area contributed by atoms with Gasteiger partial charge in [-0.05, 0) is 42.6 Å². The maximum Gasteiger partial charge on any atom is 0.122 e. The number of benzene rings is 1. The standard InChI is InChI=1S/C13H19NO/c1-4-14-6-5-11-8-13(15-3)10(2)7-12(11)9-14/h7-8H,4-6,9H2,1-3H3. The van der Waals surface area contributed by atoms with E-state index in [1.807, 2.05) is 0 Å². The van der Waals surface area contributed by atoms with Crippen LogP contribution in [0.1, 0.15) is 23.6 Å². The Morgan fingerprint density at radius 2 is 2.13 bits per heavy atom. The zero-order chi connectivity index (χ0) is 10.8. The van der Waals surface area contributed by atoms with Gasteiger partial charge in [-0.15, -0.1) is 0 Å². The third kappa shape index (κ3) is 2.00. The van der Waals surface area contributed by atoms with Gasteiger partial charge < -0.3 is 4.74 Å². The molecule has 2 heteroatoms. The van der Waals surface area contributed by atoms with Crippen LogP contribution in [0.5, 0.6) is 5.75 Å². The van der Waals surface area contributed by atoms with Crippen molar-refractivity contribution in [2.75, 3.05) is 20.2 Å². The predicted molar refractivity (Wildman–Crippen MR) is 62.4 cm³/mol. The number of nitrogens with zero attached hydrogens (tertiary/aromatic N) is 1. The topological polar surface area (TPSA) is 12.5 Å². The molecule has 0 N–H and O–H groups in total. The fraction of sp³-hybridized carbons (Fsp3) is 0.538. The molecule has 82 valence electrons. The minimum absolute atomic E-state index is 1.03. The van der Waals surface area contributed by atoms with Gasteiger partial charge in [0.1, 0.15) is 5.75 Å². The average Bonchev–Trinajstić information content (AvgIpc) is 2.27. The summed E-state index contributed by atoms with van der Waals surface area (Å²) in [5.41, 5.74) is 4.18. The zero-order valence-corrected chi connectivity index (χ0v) is 9.84. The minimum Gasteiger partial charge on any atom is -0.496 e. The van der Waals surface area contributed by atoms with E-state index in [-0.39, 0.29) is 0 Å². The summed E-state index contributed by atoms with van der Waals surface area (Å²) in [6.07, 6.45) is 1.15. The molecule has 0 atom stereocenters. The number of ether oxygens (including phenoxy) is 1. The highest BCUT2D eigenvalue weighted by Crippen LogP contribution is 2.27. The SMILES string of the molecule is CCN1CCc2cc(OC)c(C)cc2C1. The summed E-state index contributed by atoms with van der Waals surface area (Å²) in [6.45, 7) is 7.75. The highest BCUT2D eigenvalue weighted by molar-refractivity contribution is 5.43. The summed E-state index contributed by atoms with van der Waals surface area (Å²) in [5.74, 6) is 1.03. The van der Waals surface area contributed by atoms with Crippen LogP contribution < -0.4 is 4.74 Å². The fourth-order valence-corrected chi connectivity index (χ4v) is 2.26. The number of rotatable bonds is 2. The maximum absolute atomic E-state index is 5.35. The van der Waals surface area contributed by atoms with Crippen molar-refractivity contribution in [1.29, 1.82) is 0 Å². The lowest BCUT2D eigenvalue weighted by atomic mass is 9.97. The molecule has 15 heavy (non-hydrogen) atoms. The Labute approximate surface area is 91.9 Å². The van der Waals surface area contributed by atoms with Crippen LogP contribution in [-0.4, -0.2) is 25.1 Å². The van der Waals surface area contributed by atoms with Crippen molar-refractivity contribution in [3.8, 4) is 5.75 Å². The first-order valence-electron chi connectivity index (χ1n) is 5.63. The Kier molecular flexibility index (Phi) is 2.96. The van der Waals surface area contributed by atoms with E-state index in [0.29, 0.717) is 0 Å². The molecule has 2 nitrogen and oxygen atoms in total. The number of likely N-dealkylation sites (N-methyl/N-ethyl adjacent to an activating group) is 1. The summed E-state index contributed by atoms with van der Waals surface area (Å²) in [7, 11) is 1.75. The van der Waals surface area contributed by atoms with Gasteiger partial charge in [0.25, 0.3) is 0 Å². The Hall–Kier alpha value is -1.02. The van der Waals surface area contributed by atoms with Gasteiger partial charge in [-0.25, -0.2) is 0 Å². The molecule has 0 radical (unpaired) electrons. The van der Waals surface area contributed by atoms with E-state index in [4.69, 9.17) is 4.74 Å². The summed E-state index contributed by atoms with van der Waals surface area (Å²) >= 11 is 0. The monoisotopic (exact) mass is 205 g/mol. The van der Waals surface area contributed by atoms with Gasteiger partial charge in [-0.1, -0.05) is 13.0 Å². The molecule has 1 heterocycles. The van der Waals surface area contributed by atoms with Crippen molar-refractivity contribution in [3.05, 3.63) is 28.8 Å². The molecule has 1 aromatic rings. The number of fused-ring (bicyclic) bond motifs is 1. The Morgan fingerprint density at radius 3 is 2.80 bits per heavy atom. The summed E-state index contributed by atoms with van der Waals surface area (Å²) < 4.78 is 5.35. The summed E-state index contributed by atoms with van der Waals surface area (Å²) in [5, 5.41) is 0. The molecule has 1 aliphatic heterocycles. The minimum atomic E-state index is 1.03. The molecule has 1 aliphatic rings. The second kappa shape index (κ2) is 4.23. The molecule has 0 aromatic heterocycles. The molecule has 0 spiro atoms. The molecule has 1 aromatic carbocycles. The number of methoxy groups -OCH3 is 1. The third-order valence-electron chi connectivity index (χ3n) is 3.26. The molecular weight excluding hydrogens is 186 g/mol. The largest absolute Gasteiger partial charge is 0.496 e. The van der Waals surface area contributed by atoms with E-state index >= 15 is 0 Å². The van der Waals surface area contributed by atoms with Crippen molar-refractivity contribution in [3.63, 3.8) is 0 Å². The second-order valence-electron chi connectivity index (χ2n) is 4.21. The molecule has 0 fully saturated rings. The van der Waals surface area contributed by atoms with Crippen molar-refractivity contribution >= 4 is 0 Å². The number of hydrogen-bond donors (Lipinski definition) is 0. The first-order valence-corrected chi connectivity index (χ1v) is 5.63. The van der Waals surface area contributed by atoms with Crippen molar-refractivity contribution < 1.29 is 4.74 Å². The van der Waals surface area contributed by atoms with E-state index in [9.17, 15) is 0 Å². The molecular formula is C13H19NO. The fourth-order valence-electron chi connectivity index (χ4n) is 2.26. The highest BCUT2D eigenvalue weighted by atomic mass is 16.5. The lowest BCUT2D eigenvalue weighted by Crippen LogP contribution is -2.30. The van der Waals surface area contributed by atoms with E-state index in [1.54, 1.807) is 7.11 Å². The molecule has 0 saturated heterocycles. The summed E-state index contributed by atoms with van der Waals surface area (Å²) in [6, 6.07) is 4.48. The quantitative estimate of drug-likeness (QED) is 0.735. The molecule has 0 unspecified atom stereocenters. The molecule has 2 rings (SSSR count). The van der Waals surface area contributed by atoms with Crippen LogP contribution in [0.2, 0.25) is 0 Å². The van der Waals surface area contributed by atoms with Crippen molar-refractivity contribution in [1.82, 2.24) is 4.90 Å². The van der Waals surface area contributed by atoms with Crippen LogP contribution in [0.15, 0.2) is 12.1 Å². The molecule has 0 aliphatic carbocycles. The van der Waals surface area contributed by atoms with E-state index in [2.05, 4.69) is 30.9 Å². The van der Waals surface area contributed by atoms with Crippen LogP contribution in [0, 0.1) is 6.92 Å². The van der Waals surface area contributed by atoms with E-state index in [1.165, 1.54) is 23.2 Å². The van der Waals surface area contributed by atoms with Crippen LogP contribution in [-0.2, 0) is 13.0 Å². The number of hydrogen-bond acceptors (Lipinski definition) is 2. The van der Waals surface area contributed by atoms with Gasteiger partial charge in [0.05, 0.1) is 7.11 Å². The second-order valence-corrected chi connectivity index (χ2v) is 4.21. The van der Waals surface area contributed by atoms with Gasteiger partial charge in [-0.3, -0.25) is 4.90 Å². The Morgan fingerprint density at radius 1 is 1.33 bits per heavy atom. The molecule has 0 saturated carbocycles. The first-order chi connectivity index (χ1) is 7.24.